The standard InChI is InChI=1S/C28H25F3N2O4/c1-16-12-22(9-6-19(16)7-11-25(34)35)37-21-5-3-4-18(13-21)15-32-27(36)26-17(2)23-14-20(28(29,30)31)8-10-24(23)33-26/h3-6,8-10,12-14,33H,7,11,15H2,1-2H3,(H,32,36)(H,34,35). The number of alkyl halides is 3. The SMILES string of the molecule is Cc1cc(Oc2cccc(CNC(=O)c3[nH]c4ccc(C(F)(F)F)cc4c3C)c2)ccc1CCC(=O)O. The van der Waals surface area contributed by atoms with Crippen molar-refractivity contribution in [3.05, 3.63) is 94.2 Å². The van der Waals surface area contributed by atoms with E-state index in [2.05, 4.69) is 10.3 Å². The number of hydrogen-bond acceptors (Lipinski definition) is 3. The molecule has 3 aromatic carbocycles. The van der Waals surface area contributed by atoms with Crippen molar-refractivity contribution in [2.45, 2.75) is 39.4 Å². The van der Waals surface area contributed by atoms with Gasteiger partial charge in [-0.1, -0.05) is 18.2 Å². The van der Waals surface area contributed by atoms with Crippen LogP contribution >= 0.6 is 0 Å². The Balaban J connectivity index is 1.43. The lowest BCUT2D eigenvalue weighted by Crippen LogP contribution is -2.23. The van der Waals surface area contributed by atoms with E-state index in [0.717, 1.165) is 28.8 Å². The highest BCUT2D eigenvalue weighted by molar-refractivity contribution is 6.01. The highest BCUT2D eigenvalue weighted by atomic mass is 19.4. The van der Waals surface area contributed by atoms with Gasteiger partial charge in [0.2, 0.25) is 0 Å². The summed E-state index contributed by atoms with van der Waals surface area (Å²) in [5, 5.41) is 12.0. The lowest BCUT2D eigenvalue weighted by atomic mass is 10.0. The van der Waals surface area contributed by atoms with Gasteiger partial charge in [0.1, 0.15) is 17.2 Å². The quantitative estimate of drug-likeness (QED) is 0.251. The number of amides is 1. The number of nitrogens with one attached hydrogen (secondary N) is 2. The van der Waals surface area contributed by atoms with Gasteiger partial charge in [0.15, 0.2) is 0 Å². The van der Waals surface area contributed by atoms with Gasteiger partial charge in [-0.2, -0.15) is 13.2 Å². The molecule has 0 atom stereocenters. The van der Waals surface area contributed by atoms with E-state index in [4.69, 9.17) is 9.84 Å². The topological polar surface area (TPSA) is 91.4 Å². The van der Waals surface area contributed by atoms with Crippen LogP contribution in [0.25, 0.3) is 10.9 Å². The first-order valence-corrected chi connectivity index (χ1v) is 11.6. The maximum absolute atomic E-state index is 13.1. The normalized spacial score (nSPS) is 11.5. The molecule has 4 rings (SSSR count). The van der Waals surface area contributed by atoms with Crippen LogP contribution in [0, 0.1) is 13.8 Å². The highest BCUT2D eigenvalue weighted by Crippen LogP contribution is 2.33. The fourth-order valence-corrected chi connectivity index (χ4v) is 4.11. The molecule has 0 aliphatic carbocycles. The Morgan fingerprint density at radius 3 is 2.46 bits per heavy atom. The molecule has 0 saturated carbocycles. The summed E-state index contributed by atoms with van der Waals surface area (Å²) < 4.78 is 45.1. The predicted molar refractivity (Wildman–Crippen MR) is 133 cm³/mol. The fourth-order valence-electron chi connectivity index (χ4n) is 4.11. The molecule has 3 N–H and O–H groups in total. The van der Waals surface area contributed by atoms with E-state index in [0.29, 0.717) is 34.4 Å². The van der Waals surface area contributed by atoms with Crippen LogP contribution < -0.4 is 10.1 Å². The Bertz CT molecular complexity index is 1470. The molecule has 0 aliphatic rings. The van der Waals surface area contributed by atoms with E-state index >= 15 is 0 Å². The zero-order chi connectivity index (χ0) is 26.7. The largest absolute Gasteiger partial charge is 0.481 e. The zero-order valence-corrected chi connectivity index (χ0v) is 20.2. The molecule has 37 heavy (non-hydrogen) atoms. The first-order valence-electron chi connectivity index (χ1n) is 11.6. The molecule has 1 amide bonds. The molecule has 1 aromatic heterocycles. The fraction of sp³-hybridized carbons (Fsp3) is 0.214. The number of aliphatic carboxylic acids is 1. The number of carboxylic acid groups (broad SMARTS) is 1. The molecule has 0 saturated heterocycles. The van der Waals surface area contributed by atoms with Crippen molar-refractivity contribution < 1.29 is 32.6 Å². The first kappa shape index (κ1) is 25.8. The second kappa shape index (κ2) is 10.4. The summed E-state index contributed by atoms with van der Waals surface area (Å²) in [6, 6.07) is 16.0. The lowest BCUT2D eigenvalue weighted by Gasteiger charge is -2.11. The monoisotopic (exact) mass is 510 g/mol. The summed E-state index contributed by atoms with van der Waals surface area (Å²) in [6.45, 7) is 3.69. The van der Waals surface area contributed by atoms with Crippen molar-refractivity contribution in [3.8, 4) is 11.5 Å². The smallest absolute Gasteiger partial charge is 0.416 e. The molecule has 0 bridgehead atoms. The van der Waals surface area contributed by atoms with Crippen LogP contribution in [-0.2, 0) is 23.9 Å². The van der Waals surface area contributed by atoms with Gasteiger partial charge in [-0.3, -0.25) is 9.59 Å². The second-order valence-corrected chi connectivity index (χ2v) is 8.80. The summed E-state index contributed by atoms with van der Waals surface area (Å²) in [6.07, 6.45) is -3.97. The summed E-state index contributed by atoms with van der Waals surface area (Å²) in [4.78, 5) is 26.5. The molecule has 6 nitrogen and oxygen atoms in total. The second-order valence-electron chi connectivity index (χ2n) is 8.80. The number of hydrogen-bond donors (Lipinski definition) is 3. The number of aromatic nitrogens is 1. The Kier molecular flexibility index (Phi) is 7.24. The van der Waals surface area contributed by atoms with E-state index in [-0.39, 0.29) is 18.7 Å². The number of aromatic amines is 1. The molecular formula is C28H25F3N2O4. The Labute approximate surface area is 211 Å². The van der Waals surface area contributed by atoms with Crippen molar-refractivity contribution in [1.82, 2.24) is 10.3 Å². The molecular weight excluding hydrogens is 485 g/mol. The van der Waals surface area contributed by atoms with Gasteiger partial charge in [0.25, 0.3) is 5.91 Å². The Hall–Kier alpha value is -4.27. The van der Waals surface area contributed by atoms with E-state index in [1.165, 1.54) is 6.07 Å². The van der Waals surface area contributed by atoms with Crippen molar-refractivity contribution in [3.63, 3.8) is 0 Å². The van der Waals surface area contributed by atoms with E-state index in [9.17, 15) is 22.8 Å². The van der Waals surface area contributed by atoms with Crippen LogP contribution in [0.4, 0.5) is 13.2 Å². The maximum Gasteiger partial charge on any atom is 0.416 e. The average molecular weight is 511 g/mol. The molecule has 4 aromatic rings. The molecule has 9 heteroatoms. The maximum atomic E-state index is 13.1. The number of H-pyrrole nitrogens is 1. The molecule has 0 unspecified atom stereocenters. The molecule has 0 spiro atoms. The van der Waals surface area contributed by atoms with Crippen LogP contribution in [0.1, 0.15) is 44.7 Å². The van der Waals surface area contributed by atoms with Gasteiger partial charge in [-0.05, 0) is 85.0 Å². The number of rotatable bonds is 8. The van der Waals surface area contributed by atoms with Gasteiger partial charge >= 0.3 is 12.1 Å². The van der Waals surface area contributed by atoms with Crippen molar-refractivity contribution in [1.29, 1.82) is 0 Å². The zero-order valence-electron chi connectivity index (χ0n) is 20.2. The molecule has 192 valence electrons. The van der Waals surface area contributed by atoms with Crippen LogP contribution in [-0.4, -0.2) is 22.0 Å². The number of benzene rings is 3. The minimum absolute atomic E-state index is 0.0570. The van der Waals surface area contributed by atoms with Gasteiger partial charge in [-0.25, -0.2) is 0 Å². The third kappa shape index (κ3) is 6.11. The molecule has 0 fully saturated rings. The number of aryl methyl sites for hydroxylation is 3. The molecule has 1 heterocycles. The van der Waals surface area contributed by atoms with Crippen molar-refractivity contribution in [2.75, 3.05) is 0 Å². The number of halogens is 3. The van der Waals surface area contributed by atoms with Gasteiger partial charge in [0.05, 0.1) is 5.56 Å². The summed E-state index contributed by atoms with van der Waals surface area (Å²) in [5.74, 6) is -0.115. The first-order chi connectivity index (χ1) is 17.5. The van der Waals surface area contributed by atoms with Crippen LogP contribution in [0.15, 0.2) is 60.7 Å². The van der Waals surface area contributed by atoms with Gasteiger partial charge in [0, 0.05) is 23.9 Å². The van der Waals surface area contributed by atoms with Crippen molar-refractivity contribution >= 4 is 22.8 Å². The van der Waals surface area contributed by atoms with E-state index < -0.39 is 23.6 Å². The van der Waals surface area contributed by atoms with Crippen LogP contribution in [0.2, 0.25) is 0 Å². The minimum atomic E-state index is -4.46. The summed E-state index contributed by atoms with van der Waals surface area (Å²) in [7, 11) is 0. The molecule has 0 radical (unpaired) electrons. The lowest BCUT2D eigenvalue weighted by molar-refractivity contribution is -0.138. The number of carbonyl (C=O) groups excluding carboxylic acids is 1. The molecule has 0 aliphatic heterocycles. The average Bonchev–Trinajstić information content (AvgIpc) is 3.17. The summed E-state index contributed by atoms with van der Waals surface area (Å²) in [5.41, 5.74) is 2.98. The van der Waals surface area contributed by atoms with E-state index in [1.807, 2.05) is 25.1 Å². The van der Waals surface area contributed by atoms with Gasteiger partial charge in [-0.15, -0.1) is 0 Å². The van der Waals surface area contributed by atoms with Crippen LogP contribution in [0.5, 0.6) is 11.5 Å². The highest BCUT2D eigenvalue weighted by Gasteiger charge is 2.31. The number of ether oxygens (including phenoxy) is 1. The van der Waals surface area contributed by atoms with E-state index in [1.54, 1.807) is 31.2 Å². The van der Waals surface area contributed by atoms with Crippen LogP contribution in [0.3, 0.4) is 0 Å². The minimum Gasteiger partial charge on any atom is -0.481 e. The predicted octanol–water partition coefficient (Wildman–Crippen LogP) is 6.54. The van der Waals surface area contributed by atoms with Gasteiger partial charge < -0.3 is 20.1 Å². The Morgan fingerprint density at radius 2 is 1.76 bits per heavy atom. The number of fused-ring (bicyclic) bond motifs is 1. The third-order valence-corrected chi connectivity index (χ3v) is 6.12. The number of carbonyl (C=O) groups is 2. The summed E-state index contributed by atoms with van der Waals surface area (Å²) >= 11 is 0. The Morgan fingerprint density at radius 1 is 1.00 bits per heavy atom. The number of carboxylic acids is 1. The third-order valence-electron chi connectivity index (χ3n) is 6.12. The van der Waals surface area contributed by atoms with Crippen molar-refractivity contribution in [2.24, 2.45) is 0 Å².